The number of fused-ring (bicyclic) bond motifs is 3. The zero-order valence-corrected chi connectivity index (χ0v) is 10.7. The van der Waals surface area contributed by atoms with Gasteiger partial charge in [0.25, 0.3) is 0 Å². The average Bonchev–Trinajstić information content (AvgIpc) is 2.72. The molecule has 5 nitrogen and oxygen atoms in total. The van der Waals surface area contributed by atoms with Gasteiger partial charge in [0, 0.05) is 28.3 Å². The van der Waals surface area contributed by atoms with Gasteiger partial charge in [-0.1, -0.05) is 12.1 Å². The Balaban J connectivity index is 2.36. The second kappa shape index (κ2) is 3.73. The zero-order valence-electron chi connectivity index (χ0n) is 10.7. The molecular weight excluding hydrogens is 270 g/mol. The lowest BCUT2D eigenvalue weighted by Gasteiger charge is -2.06. The predicted molar refractivity (Wildman–Crippen MR) is 77.4 cm³/mol. The van der Waals surface area contributed by atoms with Crippen LogP contribution in [0.1, 0.15) is 0 Å². The Morgan fingerprint density at radius 3 is 2.57 bits per heavy atom. The number of hydrogen-bond acceptors (Lipinski definition) is 5. The number of pyridine rings is 1. The number of phenolic OH excluding ortho intramolecular Hbond substituents is 2. The van der Waals surface area contributed by atoms with Crippen molar-refractivity contribution in [1.29, 1.82) is 0 Å². The van der Waals surface area contributed by atoms with E-state index in [-0.39, 0.29) is 22.6 Å². The van der Waals surface area contributed by atoms with Crippen molar-refractivity contribution in [2.45, 2.75) is 0 Å². The highest BCUT2D eigenvalue weighted by Gasteiger charge is 2.29. The molecule has 1 aliphatic carbocycles. The molecule has 1 aliphatic rings. The molecule has 0 unspecified atom stereocenters. The summed E-state index contributed by atoms with van der Waals surface area (Å²) in [7, 11) is 0. The fourth-order valence-electron chi connectivity index (χ4n) is 2.86. The molecule has 0 aliphatic heterocycles. The molecule has 0 atom stereocenters. The third-order valence-electron chi connectivity index (χ3n) is 3.76. The molecule has 5 heteroatoms. The maximum atomic E-state index is 12.4. The highest BCUT2D eigenvalue weighted by atomic mass is 16.3. The molecule has 1 aromatic heterocycles. The Morgan fingerprint density at radius 2 is 1.76 bits per heavy atom. The first-order valence-corrected chi connectivity index (χ1v) is 6.30. The van der Waals surface area contributed by atoms with Crippen molar-refractivity contribution >= 4 is 10.8 Å². The summed E-state index contributed by atoms with van der Waals surface area (Å²) in [6.07, 6.45) is 1.57. The van der Waals surface area contributed by atoms with Gasteiger partial charge in [-0.2, -0.15) is 0 Å². The molecular formula is C16H9NO4. The van der Waals surface area contributed by atoms with Crippen molar-refractivity contribution in [1.82, 2.24) is 4.98 Å². The fraction of sp³-hybridized carbons (Fsp3) is 0. The molecule has 0 amide bonds. The fourth-order valence-corrected chi connectivity index (χ4v) is 2.86. The van der Waals surface area contributed by atoms with E-state index in [0.717, 1.165) is 0 Å². The molecule has 21 heavy (non-hydrogen) atoms. The van der Waals surface area contributed by atoms with E-state index in [1.54, 1.807) is 24.4 Å². The highest BCUT2D eigenvalue weighted by Crippen LogP contribution is 2.51. The number of aromatic hydroxyl groups is 3. The lowest BCUT2D eigenvalue weighted by molar-refractivity contribution is 0.406. The number of phenols is 2. The zero-order chi connectivity index (χ0) is 14.7. The van der Waals surface area contributed by atoms with Crippen molar-refractivity contribution in [3.63, 3.8) is 0 Å². The molecule has 102 valence electrons. The van der Waals surface area contributed by atoms with Crippen LogP contribution >= 0.6 is 0 Å². The summed E-state index contributed by atoms with van der Waals surface area (Å²) in [5.41, 5.74) is 0.863. The van der Waals surface area contributed by atoms with Crippen molar-refractivity contribution < 1.29 is 15.3 Å². The summed E-state index contributed by atoms with van der Waals surface area (Å²) >= 11 is 0. The van der Waals surface area contributed by atoms with Crippen molar-refractivity contribution in [3.8, 4) is 39.6 Å². The summed E-state index contributed by atoms with van der Waals surface area (Å²) in [6.45, 7) is 0. The van der Waals surface area contributed by atoms with E-state index in [4.69, 9.17) is 0 Å². The van der Waals surface area contributed by atoms with E-state index in [1.165, 1.54) is 12.1 Å². The lowest BCUT2D eigenvalue weighted by atomic mass is 10.0. The van der Waals surface area contributed by atoms with Crippen LogP contribution in [0.15, 0.2) is 41.3 Å². The van der Waals surface area contributed by atoms with Crippen LogP contribution in [0.4, 0.5) is 0 Å². The molecule has 2 aromatic carbocycles. The van der Waals surface area contributed by atoms with Gasteiger partial charge < -0.3 is 15.3 Å². The maximum Gasteiger partial charge on any atom is 0.228 e. The molecule has 0 fully saturated rings. The second-order valence-electron chi connectivity index (χ2n) is 4.91. The van der Waals surface area contributed by atoms with Crippen LogP contribution in [0.25, 0.3) is 33.2 Å². The third-order valence-corrected chi connectivity index (χ3v) is 3.76. The largest absolute Gasteiger partial charge is 0.504 e. The lowest BCUT2D eigenvalue weighted by Crippen LogP contribution is -2.00. The maximum absolute atomic E-state index is 12.4. The quantitative estimate of drug-likeness (QED) is 0.430. The number of nitrogens with zero attached hydrogens (tertiary/aromatic N) is 1. The molecule has 4 rings (SSSR count). The molecule has 0 saturated heterocycles. The molecule has 3 N–H and O–H groups in total. The Hall–Kier alpha value is -3.08. The SMILES string of the molecule is O=c1c(O)cccc2c1-c1c(O)c(O)cc3ccnc-2c13. The number of hydrogen-bond donors (Lipinski definition) is 3. The predicted octanol–water partition coefficient (Wildman–Crippen LogP) is 2.36. The first-order chi connectivity index (χ1) is 10.1. The minimum absolute atomic E-state index is 0.157. The first-order valence-electron chi connectivity index (χ1n) is 6.30. The Morgan fingerprint density at radius 1 is 0.952 bits per heavy atom. The van der Waals surface area contributed by atoms with E-state index >= 15 is 0 Å². The van der Waals surface area contributed by atoms with Gasteiger partial charge >= 0.3 is 0 Å². The third kappa shape index (κ3) is 1.34. The molecule has 0 spiro atoms. The Labute approximate surface area is 118 Å². The van der Waals surface area contributed by atoms with Gasteiger partial charge in [-0.15, -0.1) is 0 Å². The van der Waals surface area contributed by atoms with Crippen molar-refractivity contribution in [2.75, 3.05) is 0 Å². The average molecular weight is 279 g/mol. The van der Waals surface area contributed by atoms with Gasteiger partial charge in [-0.05, 0) is 23.6 Å². The summed E-state index contributed by atoms with van der Waals surface area (Å²) in [6, 6.07) is 7.63. The van der Waals surface area contributed by atoms with Gasteiger partial charge in [-0.25, -0.2) is 0 Å². The molecule has 0 saturated carbocycles. The topological polar surface area (TPSA) is 90.7 Å². The molecule has 0 bridgehead atoms. The van der Waals surface area contributed by atoms with Crippen LogP contribution in [0.5, 0.6) is 17.2 Å². The van der Waals surface area contributed by atoms with Crippen LogP contribution in [-0.2, 0) is 0 Å². The molecule has 1 heterocycles. The van der Waals surface area contributed by atoms with Crippen LogP contribution in [0.3, 0.4) is 0 Å². The minimum Gasteiger partial charge on any atom is -0.504 e. The summed E-state index contributed by atoms with van der Waals surface area (Å²) in [5, 5.41) is 31.1. The van der Waals surface area contributed by atoms with E-state index in [2.05, 4.69) is 4.98 Å². The van der Waals surface area contributed by atoms with E-state index in [0.29, 0.717) is 22.0 Å². The normalized spacial score (nSPS) is 11.6. The van der Waals surface area contributed by atoms with E-state index in [1.807, 2.05) is 0 Å². The van der Waals surface area contributed by atoms with Gasteiger partial charge in [0.2, 0.25) is 5.43 Å². The highest BCUT2D eigenvalue weighted by molar-refractivity contribution is 6.16. The molecule has 3 aromatic rings. The molecule has 0 radical (unpaired) electrons. The van der Waals surface area contributed by atoms with E-state index < -0.39 is 11.2 Å². The monoisotopic (exact) mass is 279 g/mol. The summed E-state index contributed by atoms with van der Waals surface area (Å²) < 4.78 is 0. The second-order valence-corrected chi connectivity index (χ2v) is 4.91. The van der Waals surface area contributed by atoms with Gasteiger partial charge in [0.1, 0.15) is 0 Å². The number of aromatic nitrogens is 1. The van der Waals surface area contributed by atoms with E-state index in [9.17, 15) is 20.1 Å². The smallest absolute Gasteiger partial charge is 0.228 e. The Bertz CT molecular complexity index is 995. The Kier molecular flexibility index (Phi) is 2.08. The van der Waals surface area contributed by atoms with Gasteiger partial charge in [0.05, 0.1) is 5.69 Å². The number of rotatable bonds is 0. The standard InChI is InChI=1S/C16H9NO4/c18-9-3-1-2-8-12(15(9)20)13-11-7(4-5-17-14(8)11)6-10(19)16(13)21/h1-6,19,21H,(H,18,20). The van der Waals surface area contributed by atoms with Crippen LogP contribution < -0.4 is 5.43 Å². The van der Waals surface area contributed by atoms with Gasteiger partial charge in [-0.3, -0.25) is 9.78 Å². The summed E-state index contributed by atoms with van der Waals surface area (Å²) in [5.74, 6) is -1.11. The number of benzene rings is 1. The minimum atomic E-state index is -0.602. The van der Waals surface area contributed by atoms with Crippen molar-refractivity contribution in [3.05, 3.63) is 46.8 Å². The first kappa shape index (κ1) is 11.7. The van der Waals surface area contributed by atoms with Crippen molar-refractivity contribution in [2.24, 2.45) is 0 Å². The summed E-state index contributed by atoms with van der Waals surface area (Å²) in [4.78, 5) is 16.6. The van der Waals surface area contributed by atoms with Crippen LogP contribution in [0, 0.1) is 0 Å². The van der Waals surface area contributed by atoms with Crippen LogP contribution in [0.2, 0.25) is 0 Å². The van der Waals surface area contributed by atoms with Gasteiger partial charge in [0.15, 0.2) is 17.2 Å². The van der Waals surface area contributed by atoms with Crippen LogP contribution in [-0.4, -0.2) is 20.3 Å².